The second-order valence-corrected chi connectivity index (χ2v) is 18.9. The molecule has 58 heavy (non-hydrogen) atoms. The van der Waals surface area contributed by atoms with Gasteiger partial charge in [-0.05, 0) is 117 Å². The van der Waals surface area contributed by atoms with Crippen LogP contribution < -0.4 is 0 Å². The minimum atomic E-state index is -3.39. The zero-order valence-corrected chi connectivity index (χ0v) is 33.6. The van der Waals surface area contributed by atoms with E-state index in [4.69, 9.17) is 0 Å². The minimum absolute atomic E-state index is 0.504. The molecule has 0 saturated carbocycles. The lowest BCUT2D eigenvalue weighted by Gasteiger charge is -2.17. The standard InChI is InChI=1S/C52H42N2O2S2/c53-57(55)49-13-5-1-9-45(49)41-29-21-37(22-30-41)17-18-38-25-33-43(34-26-38)47-11-3-7-15-51(47)58(54,56)52-16-8-4-12-48(52)44-35-27-40(28-36-44)20-19-39-23-31-42(32-24-39)46-10-2-6-14-50(46)57/h1-16,21-36,53-54H,17-20H2. The summed E-state index contributed by atoms with van der Waals surface area (Å²) in [6.07, 6.45) is 3.32. The first-order valence-corrected chi connectivity index (χ1v) is 22.7. The summed E-state index contributed by atoms with van der Waals surface area (Å²) in [7, 11) is -6.78. The topological polar surface area (TPSA) is 81.8 Å². The van der Waals surface area contributed by atoms with Gasteiger partial charge in [0.15, 0.2) is 0 Å². The van der Waals surface area contributed by atoms with Gasteiger partial charge in [-0.1, -0.05) is 170 Å². The van der Waals surface area contributed by atoms with Crippen molar-refractivity contribution in [2.45, 2.75) is 45.3 Å². The van der Waals surface area contributed by atoms with Crippen molar-refractivity contribution in [2.75, 3.05) is 0 Å². The third kappa shape index (κ3) is 7.22. The van der Waals surface area contributed by atoms with Crippen molar-refractivity contribution in [1.29, 1.82) is 9.56 Å². The molecule has 7 aliphatic rings. The van der Waals surface area contributed by atoms with Crippen molar-refractivity contribution in [2.24, 2.45) is 0 Å². The van der Waals surface area contributed by atoms with Gasteiger partial charge in [0.1, 0.15) is 19.5 Å². The molecule has 0 radical (unpaired) electrons. The van der Waals surface area contributed by atoms with Crippen LogP contribution in [0.3, 0.4) is 0 Å². The second-order valence-electron chi connectivity index (χ2n) is 14.9. The smallest absolute Gasteiger partial charge is 0.102 e. The summed E-state index contributed by atoms with van der Waals surface area (Å²) in [6.45, 7) is 0. The lowest BCUT2D eigenvalue weighted by Crippen LogP contribution is -2.04. The Morgan fingerprint density at radius 1 is 0.276 bits per heavy atom. The monoisotopic (exact) mass is 790 g/mol. The van der Waals surface area contributed by atoms with Gasteiger partial charge in [-0.15, -0.1) is 0 Å². The maximum absolute atomic E-state index is 14.8. The number of benzene rings is 8. The van der Waals surface area contributed by atoms with E-state index < -0.39 is 19.5 Å². The Kier molecular flexibility index (Phi) is 9.98. The predicted molar refractivity (Wildman–Crippen MR) is 237 cm³/mol. The van der Waals surface area contributed by atoms with Crippen molar-refractivity contribution in [1.82, 2.24) is 0 Å². The van der Waals surface area contributed by atoms with Crippen LogP contribution in [0.15, 0.2) is 214 Å². The van der Waals surface area contributed by atoms with Crippen molar-refractivity contribution < 1.29 is 8.42 Å². The molecule has 0 amide bonds. The molecule has 0 spiro atoms. The number of nitrogens with one attached hydrogen (secondary N) is 2. The van der Waals surface area contributed by atoms with E-state index in [0.29, 0.717) is 19.6 Å². The number of hydrogen-bond acceptors (Lipinski definition) is 4. The highest BCUT2D eigenvalue weighted by atomic mass is 32.2. The zero-order chi connectivity index (χ0) is 39.7. The highest BCUT2D eigenvalue weighted by molar-refractivity contribution is 7.93. The van der Waals surface area contributed by atoms with E-state index in [2.05, 4.69) is 97.1 Å². The average Bonchev–Trinajstić information content (AvgIpc) is 3.28. The summed E-state index contributed by atoms with van der Waals surface area (Å²) in [5.41, 5.74) is 11.6. The summed E-state index contributed by atoms with van der Waals surface area (Å²) in [6, 6.07) is 63.9. The molecule has 8 bridgehead atoms. The molecule has 0 saturated heterocycles. The molecular weight excluding hydrogens is 749 g/mol. The van der Waals surface area contributed by atoms with Crippen LogP contribution in [0.5, 0.6) is 0 Å². The first-order chi connectivity index (χ1) is 28.3. The molecule has 8 aromatic rings. The summed E-state index contributed by atoms with van der Waals surface area (Å²) in [5, 5.41) is 0. The van der Waals surface area contributed by atoms with Gasteiger partial charge >= 0.3 is 0 Å². The van der Waals surface area contributed by atoms with Gasteiger partial charge in [0, 0.05) is 0 Å². The molecule has 0 aliphatic carbocycles. The molecule has 4 nitrogen and oxygen atoms in total. The van der Waals surface area contributed by atoms with Gasteiger partial charge in [-0.25, -0.2) is 18.0 Å². The molecule has 284 valence electrons. The molecule has 7 aliphatic heterocycles. The highest BCUT2D eigenvalue weighted by Gasteiger charge is 2.24. The fraction of sp³-hybridized carbons (Fsp3) is 0.0769. The molecule has 7 heterocycles. The van der Waals surface area contributed by atoms with Crippen molar-refractivity contribution in [3.8, 4) is 44.5 Å². The molecule has 2 N–H and O–H groups in total. The summed E-state index contributed by atoms with van der Waals surface area (Å²) in [4.78, 5) is 2.01. The number of hydrogen-bond donors (Lipinski definition) is 2. The maximum Gasteiger partial charge on any atom is 0.102 e. The van der Waals surface area contributed by atoms with Crippen molar-refractivity contribution in [3.63, 3.8) is 0 Å². The third-order valence-electron chi connectivity index (χ3n) is 11.3. The number of rotatable bonds is 0. The Morgan fingerprint density at radius 3 is 0.672 bits per heavy atom. The van der Waals surface area contributed by atoms with Crippen LogP contribution in [0.2, 0.25) is 0 Å². The quantitative estimate of drug-likeness (QED) is 0.160. The Morgan fingerprint density at radius 2 is 0.466 bits per heavy atom. The zero-order valence-electron chi connectivity index (χ0n) is 31.9. The lowest BCUT2D eigenvalue weighted by atomic mass is 9.98. The van der Waals surface area contributed by atoms with E-state index in [1.165, 1.54) is 22.3 Å². The van der Waals surface area contributed by atoms with Gasteiger partial charge in [0.05, 0.1) is 19.6 Å². The normalized spacial score (nSPS) is 17.8. The van der Waals surface area contributed by atoms with Crippen LogP contribution >= 0.6 is 0 Å². The van der Waals surface area contributed by atoms with E-state index in [-0.39, 0.29) is 0 Å². The van der Waals surface area contributed by atoms with Gasteiger partial charge in [-0.3, -0.25) is 0 Å². The summed E-state index contributed by atoms with van der Waals surface area (Å²) in [5.74, 6) is 0. The van der Waals surface area contributed by atoms with Crippen molar-refractivity contribution in [3.05, 3.63) is 216 Å². The lowest BCUT2D eigenvalue weighted by molar-refractivity contribution is 0.674. The number of aryl methyl sites for hydroxylation is 4. The van der Waals surface area contributed by atoms with Crippen LogP contribution in [0, 0.1) is 9.56 Å². The van der Waals surface area contributed by atoms with E-state index in [9.17, 15) is 18.0 Å². The van der Waals surface area contributed by atoms with E-state index in [1.54, 1.807) is 0 Å². The second kappa shape index (κ2) is 15.5. The molecule has 0 unspecified atom stereocenters. The van der Waals surface area contributed by atoms with Gasteiger partial charge in [0.2, 0.25) is 0 Å². The van der Waals surface area contributed by atoms with E-state index >= 15 is 0 Å². The van der Waals surface area contributed by atoms with Crippen LogP contribution in [0.25, 0.3) is 44.5 Å². The highest BCUT2D eigenvalue weighted by Crippen LogP contribution is 2.39. The Hall–Kier alpha value is -6.34. The molecule has 8 aromatic carbocycles. The fourth-order valence-electron chi connectivity index (χ4n) is 8.04. The Balaban J connectivity index is 1.12. The van der Waals surface area contributed by atoms with Crippen LogP contribution in [-0.4, -0.2) is 8.42 Å². The van der Waals surface area contributed by atoms with Crippen molar-refractivity contribution >= 4 is 19.5 Å². The predicted octanol–water partition coefficient (Wildman–Crippen LogP) is 13.2. The van der Waals surface area contributed by atoms with E-state index in [1.807, 2.05) is 97.1 Å². The largest absolute Gasteiger partial charge is 0.245 e. The molecule has 0 fully saturated rings. The fourth-order valence-corrected chi connectivity index (χ4v) is 11.6. The van der Waals surface area contributed by atoms with Gasteiger partial charge in [-0.2, -0.15) is 0 Å². The molecule has 6 heteroatoms. The molecule has 15 rings (SSSR count). The van der Waals surface area contributed by atoms with Crippen LogP contribution in [-0.2, 0) is 45.1 Å². The Bertz CT molecular complexity index is 2590. The summed E-state index contributed by atoms with van der Waals surface area (Å²) < 4.78 is 48.5. The molecule has 0 atom stereocenters. The van der Waals surface area contributed by atoms with Crippen LogP contribution in [0.4, 0.5) is 0 Å². The maximum atomic E-state index is 14.8. The molecular formula is C52H42N2O2S2. The first kappa shape index (κ1) is 37.2. The average molecular weight is 791 g/mol. The summed E-state index contributed by atoms with van der Waals surface area (Å²) >= 11 is 0. The SMILES string of the molecule is N=S1(=O)c2ccccc2-c2ccc(cc2)CCc2ccc(cc2)-c2ccccc2S(=N)(=O)c2ccccc2-c2ccc(cc2)CCc2ccc(cc2)-c2ccccc21. The minimum Gasteiger partial charge on any atom is -0.245 e. The van der Waals surface area contributed by atoms with E-state index in [0.717, 1.165) is 70.2 Å². The molecule has 0 aromatic heterocycles. The first-order valence-electron chi connectivity index (χ1n) is 19.6. The van der Waals surface area contributed by atoms with Gasteiger partial charge < -0.3 is 0 Å². The van der Waals surface area contributed by atoms with Crippen LogP contribution in [0.1, 0.15) is 22.3 Å². The Labute approximate surface area is 341 Å². The third-order valence-corrected chi connectivity index (χ3v) is 15.2. The van der Waals surface area contributed by atoms with Gasteiger partial charge in [0.25, 0.3) is 0 Å².